The molecule has 0 aromatic heterocycles. The third-order valence-electron chi connectivity index (χ3n) is 2.77. The van der Waals surface area contributed by atoms with E-state index in [0.29, 0.717) is 11.6 Å². The molecule has 2 N–H and O–H groups in total. The van der Waals surface area contributed by atoms with Gasteiger partial charge in [-0.3, -0.25) is 4.84 Å². The molecule has 1 aromatic carbocycles. The van der Waals surface area contributed by atoms with Crippen LogP contribution in [0.15, 0.2) is 0 Å². The molecule has 0 aliphatic rings. The van der Waals surface area contributed by atoms with E-state index in [0.717, 1.165) is 28.0 Å². The SMILES string of the molecule is COc1c(C)c(C)c(CON)c(C)c1Cl. The Hall–Kier alpha value is -0.770. The van der Waals surface area contributed by atoms with Crippen LogP contribution in [-0.4, -0.2) is 7.11 Å². The van der Waals surface area contributed by atoms with Gasteiger partial charge in [0, 0.05) is 0 Å². The van der Waals surface area contributed by atoms with Crippen LogP contribution in [-0.2, 0) is 11.4 Å². The van der Waals surface area contributed by atoms with E-state index in [9.17, 15) is 0 Å². The summed E-state index contributed by atoms with van der Waals surface area (Å²) in [5.41, 5.74) is 4.13. The van der Waals surface area contributed by atoms with Crippen LogP contribution in [0.25, 0.3) is 0 Å². The Labute approximate surface area is 95.1 Å². The lowest BCUT2D eigenvalue weighted by molar-refractivity contribution is 0.123. The fourth-order valence-electron chi connectivity index (χ4n) is 1.69. The molecule has 0 aliphatic carbocycles. The van der Waals surface area contributed by atoms with E-state index >= 15 is 0 Å². The molecular weight excluding hydrogens is 214 g/mol. The minimum Gasteiger partial charge on any atom is -0.495 e. The molecular formula is C11H16ClNO2. The van der Waals surface area contributed by atoms with Crippen LogP contribution < -0.4 is 10.6 Å². The second-order valence-corrected chi connectivity index (χ2v) is 3.89. The molecule has 0 saturated heterocycles. The Bertz CT molecular complexity index is 348. The standard InChI is InChI=1S/C11H16ClNO2/c1-6-7(2)11(14-4)10(12)8(3)9(6)5-15-13/h5,13H2,1-4H3. The number of methoxy groups -OCH3 is 1. The predicted octanol–water partition coefficient (Wildman–Crippen LogP) is 2.66. The van der Waals surface area contributed by atoms with E-state index < -0.39 is 0 Å². The molecule has 0 heterocycles. The molecule has 15 heavy (non-hydrogen) atoms. The molecule has 1 aromatic rings. The predicted molar refractivity (Wildman–Crippen MR) is 61.2 cm³/mol. The van der Waals surface area contributed by atoms with E-state index in [1.165, 1.54) is 0 Å². The quantitative estimate of drug-likeness (QED) is 0.811. The number of benzene rings is 1. The van der Waals surface area contributed by atoms with Crippen molar-refractivity contribution < 1.29 is 9.57 Å². The highest BCUT2D eigenvalue weighted by molar-refractivity contribution is 6.33. The number of hydrogen-bond donors (Lipinski definition) is 1. The van der Waals surface area contributed by atoms with Gasteiger partial charge in [0.15, 0.2) is 0 Å². The summed E-state index contributed by atoms with van der Waals surface area (Å²) in [6, 6.07) is 0. The molecule has 0 bridgehead atoms. The molecule has 0 saturated carbocycles. The van der Waals surface area contributed by atoms with Crippen molar-refractivity contribution in [3.05, 3.63) is 27.3 Å². The average Bonchev–Trinajstić information content (AvgIpc) is 2.23. The number of halogens is 1. The van der Waals surface area contributed by atoms with Crippen molar-refractivity contribution in [3.8, 4) is 5.75 Å². The average molecular weight is 230 g/mol. The molecule has 0 radical (unpaired) electrons. The van der Waals surface area contributed by atoms with Crippen molar-refractivity contribution in [1.29, 1.82) is 0 Å². The largest absolute Gasteiger partial charge is 0.495 e. The van der Waals surface area contributed by atoms with Gasteiger partial charge in [0.05, 0.1) is 18.7 Å². The fraction of sp³-hybridized carbons (Fsp3) is 0.455. The summed E-state index contributed by atoms with van der Waals surface area (Å²) in [4.78, 5) is 4.67. The van der Waals surface area contributed by atoms with E-state index in [1.54, 1.807) is 7.11 Å². The summed E-state index contributed by atoms with van der Waals surface area (Å²) in [5.74, 6) is 5.82. The van der Waals surface area contributed by atoms with Crippen LogP contribution >= 0.6 is 11.6 Å². The normalized spacial score (nSPS) is 10.5. The Morgan fingerprint density at radius 1 is 1.13 bits per heavy atom. The maximum absolute atomic E-state index is 6.19. The summed E-state index contributed by atoms with van der Waals surface area (Å²) < 4.78 is 5.27. The van der Waals surface area contributed by atoms with Gasteiger partial charge in [0.25, 0.3) is 0 Å². The Morgan fingerprint density at radius 2 is 1.73 bits per heavy atom. The highest BCUT2D eigenvalue weighted by Gasteiger charge is 2.16. The van der Waals surface area contributed by atoms with Crippen LogP contribution in [0.3, 0.4) is 0 Å². The number of ether oxygens (including phenoxy) is 1. The summed E-state index contributed by atoms with van der Waals surface area (Å²) in [7, 11) is 1.62. The molecule has 0 spiro atoms. The molecule has 3 nitrogen and oxygen atoms in total. The van der Waals surface area contributed by atoms with E-state index in [4.69, 9.17) is 22.2 Å². The van der Waals surface area contributed by atoms with Gasteiger partial charge in [-0.05, 0) is 43.0 Å². The van der Waals surface area contributed by atoms with E-state index in [-0.39, 0.29) is 0 Å². The van der Waals surface area contributed by atoms with Crippen LogP contribution in [0, 0.1) is 20.8 Å². The Kier molecular flexibility index (Phi) is 3.97. The summed E-state index contributed by atoms with van der Waals surface area (Å²) >= 11 is 6.19. The van der Waals surface area contributed by atoms with Gasteiger partial charge in [0.1, 0.15) is 5.75 Å². The fourth-order valence-corrected chi connectivity index (χ4v) is 2.02. The summed E-state index contributed by atoms with van der Waals surface area (Å²) in [6.45, 7) is 6.28. The maximum atomic E-state index is 6.19. The highest BCUT2D eigenvalue weighted by Crippen LogP contribution is 2.36. The van der Waals surface area contributed by atoms with Crippen molar-refractivity contribution in [2.45, 2.75) is 27.4 Å². The monoisotopic (exact) mass is 229 g/mol. The molecule has 0 fully saturated rings. The minimum absolute atomic E-state index is 0.363. The van der Waals surface area contributed by atoms with Crippen LogP contribution in [0.5, 0.6) is 5.75 Å². The molecule has 84 valence electrons. The summed E-state index contributed by atoms with van der Waals surface area (Å²) in [6.07, 6.45) is 0. The molecule has 0 aliphatic heterocycles. The Morgan fingerprint density at radius 3 is 2.20 bits per heavy atom. The van der Waals surface area contributed by atoms with Crippen molar-refractivity contribution >= 4 is 11.6 Å². The molecule has 0 amide bonds. The first-order valence-corrected chi connectivity index (χ1v) is 5.06. The molecule has 4 heteroatoms. The lowest BCUT2D eigenvalue weighted by Gasteiger charge is -2.17. The maximum Gasteiger partial charge on any atom is 0.140 e. The van der Waals surface area contributed by atoms with Gasteiger partial charge < -0.3 is 4.74 Å². The van der Waals surface area contributed by atoms with Gasteiger partial charge in [-0.15, -0.1) is 0 Å². The van der Waals surface area contributed by atoms with Crippen molar-refractivity contribution in [2.24, 2.45) is 5.90 Å². The lowest BCUT2D eigenvalue weighted by Crippen LogP contribution is -2.06. The van der Waals surface area contributed by atoms with Gasteiger partial charge in [-0.25, -0.2) is 5.90 Å². The van der Waals surface area contributed by atoms with Crippen LogP contribution in [0.2, 0.25) is 5.02 Å². The first-order chi connectivity index (χ1) is 7.04. The lowest BCUT2D eigenvalue weighted by atomic mass is 9.98. The third-order valence-corrected chi connectivity index (χ3v) is 3.22. The highest BCUT2D eigenvalue weighted by atomic mass is 35.5. The van der Waals surface area contributed by atoms with Crippen molar-refractivity contribution in [3.63, 3.8) is 0 Å². The first kappa shape index (κ1) is 12.3. The van der Waals surface area contributed by atoms with Gasteiger partial charge in [-0.1, -0.05) is 11.6 Å². The zero-order valence-corrected chi connectivity index (χ0v) is 10.2. The minimum atomic E-state index is 0.363. The second kappa shape index (κ2) is 4.84. The smallest absolute Gasteiger partial charge is 0.140 e. The number of nitrogens with two attached hydrogens (primary N) is 1. The van der Waals surface area contributed by atoms with Crippen LogP contribution in [0.1, 0.15) is 22.3 Å². The number of hydrogen-bond acceptors (Lipinski definition) is 3. The molecule has 0 unspecified atom stereocenters. The van der Waals surface area contributed by atoms with Gasteiger partial charge >= 0.3 is 0 Å². The summed E-state index contributed by atoms with van der Waals surface area (Å²) in [5, 5.41) is 0.632. The van der Waals surface area contributed by atoms with E-state index in [2.05, 4.69) is 4.84 Å². The first-order valence-electron chi connectivity index (χ1n) is 4.68. The van der Waals surface area contributed by atoms with Gasteiger partial charge in [0.2, 0.25) is 0 Å². The molecule has 1 rings (SSSR count). The van der Waals surface area contributed by atoms with Crippen LogP contribution in [0.4, 0.5) is 0 Å². The van der Waals surface area contributed by atoms with Crippen molar-refractivity contribution in [1.82, 2.24) is 0 Å². The third kappa shape index (κ3) is 2.09. The Balaban J connectivity index is 3.44. The second-order valence-electron chi connectivity index (χ2n) is 3.51. The zero-order valence-electron chi connectivity index (χ0n) is 9.48. The van der Waals surface area contributed by atoms with Gasteiger partial charge in [-0.2, -0.15) is 0 Å². The topological polar surface area (TPSA) is 44.5 Å². The zero-order chi connectivity index (χ0) is 11.6. The van der Waals surface area contributed by atoms with E-state index in [1.807, 2.05) is 20.8 Å². The van der Waals surface area contributed by atoms with Crippen molar-refractivity contribution in [2.75, 3.05) is 7.11 Å². The number of rotatable bonds is 3. The molecule has 0 atom stereocenters.